The van der Waals surface area contributed by atoms with Crippen LogP contribution in [-0.4, -0.2) is 31.1 Å². The van der Waals surface area contributed by atoms with Crippen LogP contribution in [0.2, 0.25) is 0 Å². The fourth-order valence-corrected chi connectivity index (χ4v) is 3.19. The average molecular weight is 329 g/mol. The zero-order valence-corrected chi connectivity index (χ0v) is 13.4. The van der Waals surface area contributed by atoms with E-state index < -0.39 is 0 Å². The van der Waals surface area contributed by atoms with E-state index >= 15 is 0 Å². The number of rotatable bonds is 4. The monoisotopic (exact) mass is 328 g/mol. The minimum Gasteiger partial charge on any atom is -0.314 e. The number of likely N-dealkylation sites (tertiary alicyclic amines) is 1. The molecule has 1 aromatic carbocycles. The molecular weight excluding hydrogens is 307 g/mol. The van der Waals surface area contributed by atoms with Gasteiger partial charge in [0.1, 0.15) is 5.82 Å². The molecule has 1 aliphatic rings. The van der Waals surface area contributed by atoms with E-state index in [9.17, 15) is 4.39 Å². The van der Waals surface area contributed by atoms with Gasteiger partial charge in [0, 0.05) is 28.7 Å². The third-order valence-corrected chi connectivity index (χ3v) is 4.34. The molecule has 2 nitrogen and oxygen atoms in total. The number of nitrogens with zero attached hydrogens (tertiary/aromatic N) is 1. The first-order valence-electron chi connectivity index (χ1n) is 6.87. The average Bonchev–Trinajstić information content (AvgIpc) is 2.68. The van der Waals surface area contributed by atoms with Crippen molar-refractivity contribution < 1.29 is 4.39 Å². The van der Waals surface area contributed by atoms with Crippen LogP contribution in [0, 0.1) is 11.7 Å². The standard InChI is InChI=1S/C15H22BrFN2/c1-10(2)18-9-11-6-7-19(3)15(11)13-5-4-12(16)8-14(13)17/h4-5,8,10-11,15,18H,6-7,9H2,1-3H3. The highest BCUT2D eigenvalue weighted by molar-refractivity contribution is 9.10. The van der Waals surface area contributed by atoms with Crippen molar-refractivity contribution in [3.8, 4) is 0 Å². The SMILES string of the molecule is CC(C)NCC1CCN(C)C1c1ccc(Br)cc1F. The summed E-state index contributed by atoms with van der Waals surface area (Å²) in [4.78, 5) is 2.26. The zero-order valence-electron chi connectivity index (χ0n) is 11.8. The Hall–Kier alpha value is -0.450. The second-order valence-electron chi connectivity index (χ2n) is 5.70. The maximum absolute atomic E-state index is 14.2. The Labute approximate surface area is 123 Å². The van der Waals surface area contributed by atoms with E-state index in [1.807, 2.05) is 12.1 Å². The number of hydrogen-bond acceptors (Lipinski definition) is 2. The van der Waals surface area contributed by atoms with Crippen molar-refractivity contribution in [2.24, 2.45) is 5.92 Å². The predicted molar refractivity (Wildman–Crippen MR) is 80.7 cm³/mol. The summed E-state index contributed by atoms with van der Waals surface area (Å²) in [5.41, 5.74) is 0.818. The molecule has 0 aliphatic carbocycles. The third-order valence-electron chi connectivity index (χ3n) is 3.84. The second kappa shape index (κ2) is 6.33. The summed E-state index contributed by atoms with van der Waals surface area (Å²) in [6.07, 6.45) is 1.12. The first kappa shape index (κ1) is 14.9. The predicted octanol–water partition coefficient (Wildman–Crippen LogP) is 3.58. The lowest BCUT2D eigenvalue weighted by Gasteiger charge is -2.27. The molecule has 4 heteroatoms. The van der Waals surface area contributed by atoms with Crippen molar-refractivity contribution in [2.75, 3.05) is 20.1 Å². The maximum atomic E-state index is 14.2. The van der Waals surface area contributed by atoms with Crippen molar-refractivity contribution in [3.05, 3.63) is 34.1 Å². The summed E-state index contributed by atoms with van der Waals surface area (Å²) in [6.45, 7) is 6.27. The highest BCUT2D eigenvalue weighted by Gasteiger charge is 2.34. The molecule has 0 radical (unpaired) electrons. The summed E-state index contributed by atoms with van der Waals surface area (Å²) < 4.78 is 15.0. The molecule has 0 bridgehead atoms. The topological polar surface area (TPSA) is 15.3 Å². The van der Waals surface area contributed by atoms with Crippen LogP contribution in [0.5, 0.6) is 0 Å². The zero-order chi connectivity index (χ0) is 14.0. The molecule has 1 fully saturated rings. The Bertz CT molecular complexity index is 436. The minimum atomic E-state index is -0.109. The van der Waals surface area contributed by atoms with Gasteiger partial charge in [-0.05, 0) is 38.1 Å². The van der Waals surface area contributed by atoms with E-state index in [1.165, 1.54) is 0 Å². The summed E-state index contributed by atoms with van der Waals surface area (Å²) in [7, 11) is 2.08. The van der Waals surface area contributed by atoms with Crippen LogP contribution in [0.3, 0.4) is 0 Å². The van der Waals surface area contributed by atoms with Gasteiger partial charge in [-0.2, -0.15) is 0 Å². The van der Waals surface area contributed by atoms with Crippen LogP contribution in [0.25, 0.3) is 0 Å². The summed E-state index contributed by atoms with van der Waals surface area (Å²) >= 11 is 3.32. The minimum absolute atomic E-state index is 0.109. The molecule has 0 amide bonds. The van der Waals surface area contributed by atoms with Gasteiger partial charge in [-0.15, -0.1) is 0 Å². The van der Waals surface area contributed by atoms with E-state index in [-0.39, 0.29) is 11.9 Å². The first-order valence-corrected chi connectivity index (χ1v) is 7.67. The lowest BCUT2D eigenvalue weighted by atomic mass is 9.93. The van der Waals surface area contributed by atoms with Crippen LogP contribution >= 0.6 is 15.9 Å². The normalized spacial score (nSPS) is 24.3. The molecule has 19 heavy (non-hydrogen) atoms. The molecule has 2 rings (SSSR count). The molecule has 1 saturated heterocycles. The van der Waals surface area contributed by atoms with Gasteiger partial charge < -0.3 is 5.32 Å². The Morgan fingerprint density at radius 1 is 1.47 bits per heavy atom. The van der Waals surface area contributed by atoms with E-state index in [1.54, 1.807) is 6.07 Å². The molecule has 1 N–H and O–H groups in total. The van der Waals surface area contributed by atoms with E-state index in [0.717, 1.165) is 29.5 Å². The fraction of sp³-hybridized carbons (Fsp3) is 0.600. The van der Waals surface area contributed by atoms with Gasteiger partial charge >= 0.3 is 0 Å². The second-order valence-corrected chi connectivity index (χ2v) is 6.62. The largest absolute Gasteiger partial charge is 0.314 e. The van der Waals surface area contributed by atoms with Crippen LogP contribution in [0.1, 0.15) is 31.9 Å². The smallest absolute Gasteiger partial charge is 0.129 e. The number of hydrogen-bond donors (Lipinski definition) is 1. The first-order chi connectivity index (χ1) is 8.99. The molecule has 0 spiro atoms. The van der Waals surface area contributed by atoms with E-state index in [2.05, 4.69) is 47.0 Å². The Balaban J connectivity index is 2.18. The van der Waals surface area contributed by atoms with Gasteiger partial charge in [0.05, 0.1) is 0 Å². The van der Waals surface area contributed by atoms with Crippen molar-refractivity contribution in [2.45, 2.75) is 32.4 Å². The lowest BCUT2D eigenvalue weighted by molar-refractivity contribution is 0.263. The van der Waals surface area contributed by atoms with Crippen LogP contribution in [0.4, 0.5) is 4.39 Å². The van der Waals surface area contributed by atoms with Crippen LogP contribution in [0.15, 0.2) is 22.7 Å². The van der Waals surface area contributed by atoms with Gasteiger partial charge in [0.25, 0.3) is 0 Å². The van der Waals surface area contributed by atoms with Gasteiger partial charge in [0.15, 0.2) is 0 Å². The summed E-state index contributed by atoms with van der Waals surface area (Å²) in [6, 6.07) is 6.06. The molecule has 106 valence electrons. The van der Waals surface area contributed by atoms with Gasteiger partial charge in [-0.25, -0.2) is 4.39 Å². The molecule has 2 atom stereocenters. The Kier molecular flexibility index (Phi) is 4.98. The molecule has 1 aliphatic heterocycles. The lowest BCUT2D eigenvalue weighted by Crippen LogP contribution is -2.32. The molecule has 0 saturated carbocycles. The fourth-order valence-electron chi connectivity index (χ4n) is 2.86. The molecule has 2 unspecified atom stereocenters. The molecule has 1 aromatic rings. The van der Waals surface area contributed by atoms with Gasteiger partial charge in [0.2, 0.25) is 0 Å². The Morgan fingerprint density at radius 3 is 2.84 bits per heavy atom. The van der Waals surface area contributed by atoms with Gasteiger partial charge in [-0.3, -0.25) is 4.90 Å². The number of halogens is 2. The maximum Gasteiger partial charge on any atom is 0.129 e. The third kappa shape index (κ3) is 3.56. The Morgan fingerprint density at radius 2 is 2.21 bits per heavy atom. The number of benzene rings is 1. The van der Waals surface area contributed by atoms with E-state index in [0.29, 0.717) is 12.0 Å². The molecule has 0 aromatic heterocycles. The van der Waals surface area contributed by atoms with Gasteiger partial charge in [-0.1, -0.05) is 35.8 Å². The van der Waals surface area contributed by atoms with Crippen molar-refractivity contribution in [3.63, 3.8) is 0 Å². The van der Waals surface area contributed by atoms with E-state index in [4.69, 9.17) is 0 Å². The molecular formula is C15H22BrFN2. The van der Waals surface area contributed by atoms with Crippen LogP contribution in [-0.2, 0) is 0 Å². The highest BCUT2D eigenvalue weighted by atomic mass is 79.9. The summed E-state index contributed by atoms with van der Waals surface area (Å²) in [5.74, 6) is 0.366. The molecule has 1 heterocycles. The van der Waals surface area contributed by atoms with Crippen LogP contribution < -0.4 is 5.32 Å². The number of nitrogens with one attached hydrogen (secondary N) is 1. The quantitative estimate of drug-likeness (QED) is 0.908. The van der Waals surface area contributed by atoms with Crippen molar-refractivity contribution in [1.29, 1.82) is 0 Å². The summed E-state index contributed by atoms with van der Waals surface area (Å²) in [5, 5.41) is 3.48. The highest BCUT2D eigenvalue weighted by Crippen LogP contribution is 2.37. The van der Waals surface area contributed by atoms with Crippen molar-refractivity contribution >= 4 is 15.9 Å². The van der Waals surface area contributed by atoms with Crippen molar-refractivity contribution in [1.82, 2.24) is 10.2 Å².